The van der Waals surface area contributed by atoms with Crippen molar-refractivity contribution in [2.24, 2.45) is 0 Å². The summed E-state index contributed by atoms with van der Waals surface area (Å²) < 4.78 is 0. The Morgan fingerprint density at radius 3 is 2.43 bits per heavy atom. The van der Waals surface area contributed by atoms with Crippen LogP contribution in [0.3, 0.4) is 0 Å². The Balaban J connectivity index is 1.52. The molecule has 3 rings (SSSR count). The summed E-state index contributed by atoms with van der Waals surface area (Å²) in [7, 11) is 0. The van der Waals surface area contributed by atoms with Crippen LogP contribution in [0.4, 0.5) is 0 Å². The summed E-state index contributed by atoms with van der Waals surface area (Å²) >= 11 is 1.86. The molecular formula is C16H22N4S. The van der Waals surface area contributed by atoms with Gasteiger partial charge in [0, 0.05) is 49.0 Å². The molecule has 0 atom stereocenters. The molecule has 4 nitrogen and oxygen atoms in total. The summed E-state index contributed by atoms with van der Waals surface area (Å²) in [4.78, 5) is 15.1. The molecule has 0 saturated carbocycles. The molecule has 0 aromatic carbocycles. The van der Waals surface area contributed by atoms with Gasteiger partial charge in [-0.2, -0.15) is 0 Å². The Morgan fingerprint density at radius 2 is 1.76 bits per heavy atom. The number of hydrogen-bond donors (Lipinski definition) is 0. The average molecular weight is 302 g/mol. The van der Waals surface area contributed by atoms with Crippen molar-refractivity contribution >= 4 is 11.3 Å². The zero-order valence-electron chi connectivity index (χ0n) is 12.5. The lowest BCUT2D eigenvalue weighted by Crippen LogP contribution is -2.30. The molecular weight excluding hydrogens is 280 g/mol. The number of aromatic nitrogens is 2. The van der Waals surface area contributed by atoms with Crippen molar-refractivity contribution in [3.8, 4) is 0 Å². The molecule has 0 N–H and O–H groups in total. The average Bonchev–Trinajstić information content (AvgIpc) is 2.89. The highest BCUT2D eigenvalue weighted by atomic mass is 32.1. The van der Waals surface area contributed by atoms with Gasteiger partial charge in [0.05, 0.1) is 0 Å². The van der Waals surface area contributed by atoms with E-state index in [1.165, 1.54) is 23.4 Å². The first-order chi connectivity index (χ1) is 10.3. The number of rotatable bonds is 4. The second kappa shape index (κ2) is 7.11. The molecule has 21 heavy (non-hydrogen) atoms. The highest BCUT2D eigenvalue weighted by Crippen LogP contribution is 2.14. The van der Waals surface area contributed by atoms with Crippen LogP contribution in [-0.2, 0) is 13.1 Å². The van der Waals surface area contributed by atoms with Gasteiger partial charge in [0.15, 0.2) is 0 Å². The second-order valence-corrected chi connectivity index (χ2v) is 6.66. The van der Waals surface area contributed by atoms with E-state index in [1.54, 1.807) is 0 Å². The lowest BCUT2D eigenvalue weighted by molar-refractivity contribution is 0.248. The summed E-state index contributed by atoms with van der Waals surface area (Å²) in [5.74, 6) is 0.844. The molecule has 5 heteroatoms. The van der Waals surface area contributed by atoms with Gasteiger partial charge in [0.2, 0.25) is 0 Å². The van der Waals surface area contributed by atoms with E-state index in [9.17, 15) is 0 Å². The van der Waals surface area contributed by atoms with Gasteiger partial charge in [-0.3, -0.25) is 9.80 Å². The summed E-state index contributed by atoms with van der Waals surface area (Å²) in [5, 5.41) is 2.16. The molecule has 1 aliphatic heterocycles. The van der Waals surface area contributed by atoms with Crippen LogP contribution in [0.1, 0.15) is 22.7 Å². The molecule has 1 aliphatic rings. The van der Waals surface area contributed by atoms with Gasteiger partial charge in [-0.05, 0) is 37.9 Å². The Bertz CT molecular complexity index is 538. The third kappa shape index (κ3) is 4.33. The van der Waals surface area contributed by atoms with Crippen LogP contribution in [0.2, 0.25) is 0 Å². The summed E-state index contributed by atoms with van der Waals surface area (Å²) in [6, 6.07) is 4.37. The molecule has 0 unspecified atom stereocenters. The smallest absolute Gasteiger partial charge is 0.125 e. The van der Waals surface area contributed by atoms with Crippen molar-refractivity contribution in [1.82, 2.24) is 19.8 Å². The van der Waals surface area contributed by atoms with Crippen molar-refractivity contribution in [1.29, 1.82) is 0 Å². The predicted octanol–water partition coefficient (Wildman–Crippen LogP) is 2.55. The number of thiophene rings is 1. The molecule has 0 aliphatic carbocycles. The van der Waals surface area contributed by atoms with Crippen LogP contribution in [0.15, 0.2) is 29.9 Å². The molecule has 1 saturated heterocycles. The lowest BCUT2D eigenvalue weighted by atomic mass is 10.3. The number of hydrogen-bond acceptors (Lipinski definition) is 5. The van der Waals surface area contributed by atoms with Crippen molar-refractivity contribution in [2.45, 2.75) is 26.4 Å². The monoisotopic (exact) mass is 302 g/mol. The third-order valence-electron chi connectivity index (χ3n) is 3.88. The Labute approximate surface area is 130 Å². The largest absolute Gasteiger partial charge is 0.298 e. The maximum Gasteiger partial charge on any atom is 0.125 e. The van der Waals surface area contributed by atoms with Crippen LogP contribution in [0.25, 0.3) is 0 Å². The van der Waals surface area contributed by atoms with Gasteiger partial charge < -0.3 is 0 Å². The quantitative estimate of drug-likeness (QED) is 0.869. The number of nitrogens with zero attached hydrogens (tertiary/aromatic N) is 4. The van der Waals surface area contributed by atoms with E-state index in [0.29, 0.717) is 0 Å². The van der Waals surface area contributed by atoms with Crippen molar-refractivity contribution in [3.05, 3.63) is 46.2 Å². The fraction of sp³-hybridized carbons (Fsp3) is 0.500. The van der Waals surface area contributed by atoms with E-state index in [1.807, 2.05) is 30.7 Å². The Kier molecular flexibility index (Phi) is 4.95. The van der Waals surface area contributed by atoms with E-state index in [4.69, 9.17) is 0 Å². The molecule has 112 valence electrons. The molecule has 0 spiro atoms. The van der Waals surface area contributed by atoms with Gasteiger partial charge in [-0.1, -0.05) is 6.07 Å². The van der Waals surface area contributed by atoms with Crippen LogP contribution in [0.5, 0.6) is 0 Å². The van der Waals surface area contributed by atoms with Crippen LogP contribution >= 0.6 is 11.3 Å². The Hall–Kier alpha value is -1.30. The highest BCUT2D eigenvalue weighted by Gasteiger charge is 2.15. The maximum absolute atomic E-state index is 4.29. The van der Waals surface area contributed by atoms with E-state index in [0.717, 1.165) is 38.5 Å². The molecule has 0 radical (unpaired) electrons. The third-order valence-corrected chi connectivity index (χ3v) is 4.74. The topological polar surface area (TPSA) is 32.3 Å². The zero-order chi connectivity index (χ0) is 14.5. The lowest BCUT2D eigenvalue weighted by Gasteiger charge is -2.21. The van der Waals surface area contributed by atoms with E-state index in [2.05, 4.69) is 37.3 Å². The summed E-state index contributed by atoms with van der Waals surface area (Å²) in [6.45, 7) is 8.61. The van der Waals surface area contributed by atoms with E-state index >= 15 is 0 Å². The van der Waals surface area contributed by atoms with Gasteiger partial charge in [0.1, 0.15) is 5.82 Å². The first-order valence-electron chi connectivity index (χ1n) is 7.54. The summed E-state index contributed by atoms with van der Waals surface area (Å²) in [5.41, 5.74) is 1.22. The fourth-order valence-corrected chi connectivity index (χ4v) is 3.47. The fourth-order valence-electron chi connectivity index (χ4n) is 2.72. The molecule has 3 heterocycles. The normalized spacial score (nSPS) is 17.8. The Morgan fingerprint density at radius 1 is 1.05 bits per heavy atom. The van der Waals surface area contributed by atoms with Crippen molar-refractivity contribution in [3.63, 3.8) is 0 Å². The van der Waals surface area contributed by atoms with Crippen LogP contribution < -0.4 is 0 Å². The van der Waals surface area contributed by atoms with Crippen molar-refractivity contribution in [2.75, 3.05) is 26.2 Å². The summed E-state index contributed by atoms with van der Waals surface area (Å²) in [6.07, 6.45) is 5.14. The zero-order valence-corrected chi connectivity index (χ0v) is 13.4. The van der Waals surface area contributed by atoms with Crippen molar-refractivity contribution < 1.29 is 0 Å². The maximum atomic E-state index is 4.29. The first kappa shape index (κ1) is 14.6. The van der Waals surface area contributed by atoms with Gasteiger partial charge >= 0.3 is 0 Å². The second-order valence-electron chi connectivity index (χ2n) is 5.62. The SMILES string of the molecule is Cc1ncc(CN2CCCN(Cc3cccs3)CC2)cn1. The van der Waals surface area contributed by atoms with E-state index < -0.39 is 0 Å². The van der Waals surface area contributed by atoms with Gasteiger partial charge in [-0.25, -0.2) is 9.97 Å². The molecule has 1 fully saturated rings. The minimum Gasteiger partial charge on any atom is -0.298 e. The molecule has 0 bridgehead atoms. The van der Waals surface area contributed by atoms with Crippen LogP contribution in [0, 0.1) is 6.92 Å². The molecule has 2 aromatic heterocycles. The number of aryl methyl sites for hydroxylation is 1. The first-order valence-corrected chi connectivity index (χ1v) is 8.42. The minimum atomic E-state index is 0.844. The predicted molar refractivity (Wildman–Crippen MR) is 86.3 cm³/mol. The van der Waals surface area contributed by atoms with Crippen LogP contribution in [-0.4, -0.2) is 45.9 Å². The molecule has 2 aromatic rings. The minimum absolute atomic E-state index is 0.844. The van der Waals surface area contributed by atoms with Gasteiger partial charge in [0.25, 0.3) is 0 Å². The highest BCUT2D eigenvalue weighted by molar-refractivity contribution is 7.09. The standard InChI is InChI=1S/C16H22N4S/c1-14-17-10-15(11-18-14)12-19-5-3-6-20(8-7-19)13-16-4-2-9-21-16/h2,4,9-11H,3,5-8,12-13H2,1H3. The van der Waals surface area contributed by atoms with Gasteiger partial charge in [-0.15, -0.1) is 11.3 Å². The molecule has 0 amide bonds. The van der Waals surface area contributed by atoms with E-state index in [-0.39, 0.29) is 0 Å².